The largest absolute Gasteiger partial charge is 0.481 e. The van der Waals surface area contributed by atoms with Crippen LogP contribution in [0.1, 0.15) is 43.4 Å². The predicted octanol–water partition coefficient (Wildman–Crippen LogP) is 3.66. The summed E-state index contributed by atoms with van der Waals surface area (Å²) in [5.41, 5.74) is 3.18. The molecule has 2 aromatic rings. The zero-order valence-corrected chi connectivity index (χ0v) is 16.5. The minimum atomic E-state index is -0.566. The number of rotatable bonds is 7. The van der Waals surface area contributed by atoms with Gasteiger partial charge in [0.25, 0.3) is 5.91 Å². The van der Waals surface area contributed by atoms with Crippen molar-refractivity contribution in [2.75, 3.05) is 19.0 Å². The van der Waals surface area contributed by atoms with Crippen LogP contribution in [0.5, 0.6) is 5.75 Å². The molecule has 0 aliphatic rings. The van der Waals surface area contributed by atoms with E-state index in [9.17, 15) is 4.79 Å². The van der Waals surface area contributed by atoms with Crippen LogP contribution in [0.3, 0.4) is 0 Å². The smallest absolute Gasteiger partial charge is 0.261 e. The molecule has 0 aliphatic carbocycles. The molecule has 5 heteroatoms. The molecule has 140 valence electrons. The second-order valence-corrected chi connectivity index (χ2v) is 7.09. The molecule has 0 radical (unpaired) electrons. The minimum absolute atomic E-state index is 0.141. The number of hydrogen-bond acceptors (Lipinski definition) is 4. The molecule has 26 heavy (non-hydrogen) atoms. The van der Waals surface area contributed by atoms with Crippen molar-refractivity contribution in [1.29, 1.82) is 0 Å². The van der Waals surface area contributed by atoms with Gasteiger partial charge in [0.1, 0.15) is 11.6 Å². The van der Waals surface area contributed by atoms with E-state index in [-0.39, 0.29) is 5.91 Å². The van der Waals surface area contributed by atoms with Gasteiger partial charge >= 0.3 is 0 Å². The summed E-state index contributed by atoms with van der Waals surface area (Å²) < 4.78 is 5.95. The molecule has 5 nitrogen and oxygen atoms in total. The first kappa shape index (κ1) is 19.8. The van der Waals surface area contributed by atoms with Gasteiger partial charge in [-0.3, -0.25) is 4.79 Å². The van der Waals surface area contributed by atoms with Crippen molar-refractivity contribution in [2.45, 2.75) is 46.3 Å². The fraction of sp³-hybridized carbons (Fsp3) is 0.429. The van der Waals surface area contributed by atoms with Crippen LogP contribution in [0.25, 0.3) is 0 Å². The average Bonchev–Trinajstić information content (AvgIpc) is 2.59. The summed E-state index contributed by atoms with van der Waals surface area (Å²) in [4.78, 5) is 18.7. The molecular weight excluding hydrogens is 326 g/mol. The summed E-state index contributed by atoms with van der Waals surface area (Å²) in [6.07, 6.45) is 1.21. The third-order valence-corrected chi connectivity index (χ3v) is 4.20. The minimum Gasteiger partial charge on any atom is -0.481 e. The van der Waals surface area contributed by atoms with Gasteiger partial charge in [0, 0.05) is 26.8 Å². The average molecular weight is 355 g/mol. The van der Waals surface area contributed by atoms with Gasteiger partial charge in [-0.25, -0.2) is 4.98 Å². The molecule has 0 fully saturated rings. The van der Waals surface area contributed by atoms with E-state index >= 15 is 0 Å². The number of carbonyl (C=O) groups excluding carboxylic acids is 1. The highest BCUT2D eigenvalue weighted by Crippen LogP contribution is 2.28. The van der Waals surface area contributed by atoms with E-state index in [4.69, 9.17) is 4.74 Å². The number of nitrogens with one attached hydrogen (secondary N) is 1. The Hall–Kier alpha value is -2.56. The van der Waals surface area contributed by atoms with E-state index in [1.165, 1.54) is 0 Å². The van der Waals surface area contributed by atoms with Crippen molar-refractivity contribution >= 4 is 11.7 Å². The Labute approximate surface area is 156 Å². The van der Waals surface area contributed by atoms with E-state index in [1.54, 1.807) is 13.1 Å². The summed E-state index contributed by atoms with van der Waals surface area (Å²) in [5, 5.41) is 2.91. The van der Waals surface area contributed by atoms with Gasteiger partial charge in [0.15, 0.2) is 6.10 Å². The lowest BCUT2D eigenvalue weighted by Crippen LogP contribution is -2.36. The number of benzene rings is 1. The predicted molar refractivity (Wildman–Crippen MR) is 106 cm³/mol. The first-order chi connectivity index (χ1) is 12.3. The van der Waals surface area contributed by atoms with Gasteiger partial charge in [-0.2, -0.15) is 0 Å². The number of hydrogen-bond donors (Lipinski definition) is 1. The van der Waals surface area contributed by atoms with Gasteiger partial charge in [0.2, 0.25) is 0 Å². The Morgan fingerprint density at radius 2 is 1.92 bits per heavy atom. The quantitative estimate of drug-likeness (QED) is 0.823. The lowest BCUT2D eigenvalue weighted by Gasteiger charge is -2.19. The van der Waals surface area contributed by atoms with E-state index < -0.39 is 6.10 Å². The highest BCUT2D eigenvalue weighted by molar-refractivity contribution is 5.80. The maximum absolute atomic E-state index is 12.4. The Morgan fingerprint density at radius 3 is 2.50 bits per heavy atom. The molecule has 0 saturated carbocycles. The fourth-order valence-electron chi connectivity index (χ4n) is 2.58. The Kier molecular flexibility index (Phi) is 6.61. The molecule has 1 atom stereocenters. The van der Waals surface area contributed by atoms with Crippen molar-refractivity contribution in [2.24, 2.45) is 0 Å². The van der Waals surface area contributed by atoms with E-state index in [0.717, 1.165) is 28.3 Å². The number of aryl methyl sites for hydroxylation is 1. The first-order valence-electron chi connectivity index (χ1n) is 8.95. The normalized spacial score (nSPS) is 12.0. The number of amides is 1. The maximum atomic E-state index is 12.4. The second-order valence-electron chi connectivity index (χ2n) is 7.09. The van der Waals surface area contributed by atoms with Crippen LogP contribution in [0.2, 0.25) is 0 Å². The summed E-state index contributed by atoms with van der Waals surface area (Å²) in [5.74, 6) is 1.86. The second kappa shape index (κ2) is 8.70. The van der Waals surface area contributed by atoms with Gasteiger partial charge in [0.05, 0.1) is 0 Å². The van der Waals surface area contributed by atoms with E-state index in [2.05, 4.69) is 36.3 Å². The number of anilines is 1. The molecule has 1 amide bonds. The number of nitrogens with zero attached hydrogens (tertiary/aromatic N) is 2. The van der Waals surface area contributed by atoms with Crippen molar-refractivity contribution in [3.63, 3.8) is 0 Å². The molecule has 0 bridgehead atoms. The monoisotopic (exact) mass is 355 g/mol. The summed E-state index contributed by atoms with van der Waals surface area (Å²) in [6.45, 7) is 8.46. The fourth-order valence-corrected chi connectivity index (χ4v) is 2.58. The van der Waals surface area contributed by atoms with E-state index in [1.807, 2.05) is 44.1 Å². The van der Waals surface area contributed by atoms with Crippen molar-refractivity contribution in [1.82, 2.24) is 10.3 Å². The standard InChI is InChI=1S/C21H29N3O2/c1-14(2)18-9-7-15(3)11-19(18)26-16(4)21(25)23-13-17-8-10-20(22-12-17)24(5)6/h7-12,14,16H,13H2,1-6H3,(H,23,25)/t16-/m1/s1. The number of carbonyl (C=O) groups is 1. The number of ether oxygens (including phenoxy) is 1. The Morgan fingerprint density at radius 1 is 1.19 bits per heavy atom. The summed E-state index contributed by atoms with van der Waals surface area (Å²) in [7, 11) is 3.89. The molecule has 2 rings (SSSR count). The zero-order chi connectivity index (χ0) is 19.3. The lowest BCUT2D eigenvalue weighted by atomic mass is 10.0. The van der Waals surface area contributed by atoms with Gasteiger partial charge in [-0.15, -0.1) is 0 Å². The number of pyridine rings is 1. The first-order valence-corrected chi connectivity index (χ1v) is 8.95. The number of aromatic nitrogens is 1. The van der Waals surface area contributed by atoms with Crippen LogP contribution in [0.15, 0.2) is 36.5 Å². The molecule has 0 spiro atoms. The third-order valence-electron chi connectivity index (χ3n) is 4.20. The zero-order valence-electron chi connectivity index (χ0n) is 16.5. The van der Waals surface area contributed by atoms with Crippen LogP contribution in [-0.2, 0) is 11.3 Å². The molecule has 1 aromatic heterocycles. The molecular formula is C21H29N3O2. The molecule has 1 heterocycles. The maximum Gasteiger partial charge on any atom is 0.261 e. The van der Waals surface area contributed by atoms with Gasteiger partial charge < -0.3 is 15.0 Å². The Bertz CT molecular complexity index is 739. The highest BCUT2D eigenvalue weighted by atomic mass is 16.5. The van der Waals surface area contributed by atoms with Crippen LogP contribution < -0.4 is 15.0 Å². The van der Waals surface area contributed by atoms with Crippen molar-refractivity contribution in [3.8, 4) is 5.75 Å². The molecule has 0 aliphatic heterocycles. The van der Waals surface area contributed by atoms with Crippen molar-refractivity contribution in [3.05, 3.63) is 53.2 Å². The molecule has 0 saturated heterocycles. The van der Waals surface area contributed by atoms with Gasteiger partial charge in [-0.05, 0) is 48.6 Å². The van der Waals surface area contributed by atoms with Crippen LogP contribution in [0.4, 0.5) is 5.82 Å². The molecule has 1 N–H and O–H groups in total. The summed E-state index contributed by atoms with van der Waals surface area (Å²) >= 11 is 0. The topological polar surface area (TPSA) is 54.5 Å². The van der Waals surface area contributed by atoms with Crippen LogP contribution in [0, 0.1) is 6.92 Å². The van der Waals surface area contributed by atoms with E-state index in [0.29, 0.717) is 12.5 Å². The van der Waals surface area contributed by atoms with Crippen molar-refractivity contribution < 1.29 is 9.53 Å². The summed E-state index contributed by atoms with van der Waals surface area (Å²) in [6, 6.07) is 10.0. The molecule has 1 aromatic carbocycles. The SMILES string of the molecule is Cc1ccc(C(C)C)c(O[C@H](C)C(=O)NCc2ccc(N(C)C)nc2)c1. The lowest BCUT2D eigenvalue weighted by molar-refractivity contribution is -0.127. The van der Waals surface area contributed by atoms with Crippen LogP contribution in [-0.4, -0.2) is 31.1 Å². The Balaban J connectivity index is 1.96. The van der Waals surface area contributed by atoms with Gasteiger partial charge in [-0.1, -0.05) is 32.0 Å². The third kappa shape index (κ3) is 5.22. The molecule has 0 unspecified atom stereocenters. The highest BCUT2D eigenvalue weighted by Gasteiger charge is 2.17. The van der Waals surface area contributed by atoms with Crippen LogP contribution >= 0.6 is 0 Å².